The van der Waals surface area contributed by atoms with Crippen LogP contribution in [0.2, 0.25) is 0 Å². The van der Waals surface area contributed by atoms with Gasteiger partial charge in [-0.1, -0.05) is 122 Å². The number of aliphatic hydroxyl groups is 3. The number of allylic oxidation sites excluding steroid dienone is 3. The second-order valence-corrected chi connectivity index (χ2v) is 17.3. The van der Waals surface area contributed by atoms with E-state index in [0.29, 0.717) is 12.8 Å². The van der Waals surface area contributed by atoms with Crippen molar-refractivity contribution in [3.8, 4) is 0 Å². The lowest BCUT2D eigenvalue weighted by Gasteiger charge is -2.40. The second kappa shape index (κ2) is 35.6. The van der Waals surface area contributed by atoms with E-state index in [9.17, 15) is 37.9 Å². The molecule has 1 aliphatic rings. The Labute approximate surface area is 351 Å². The summed E-state index contributed by atoms with van der Waals surface area (Å²) in [5.41, 5.74) is 3.27. The number of ether oxygens (including phenoxy) is 4. The van der Waals surface area contributed by atoms with E-state index < -0.39 is 71.2 Å². The van der Waals surface area contributed by atoms with Gasteiger partial charge in [-0.15, -0.1) is 5.73 Å². The highest BCUT2D eigenvalue weighted by molar-refractivity contribution is 7.85. The highest BCUT2D eigenvalue weighted by Gasteiger charge is 2.46. The maximum Gasteiger partial charge on any atom is 0.306 e. The Hall–Kier alpha value is -2.09. The van der Waals surface area contributed by atoms with E-state index in [-0.39, 0.29) is 19.4 Å². The van der Waals surface area contributed by atoms with Crippen molar-refractivity contribution in [3.63, 3.8) is 0 Å². The van der Waals surface area contributed by atoms with Gasteiger partial charge >= 0.3 is 11.9 Å². The minimum Gasteiger partial charge on any atom is -0.462 e. The summed E-state index contributed by atoms with van der Waals surface area (Å²) < 4.78 is 54.0. The first kappa shape index (κ1) is 53.9. The van der Waals surface area contributed by atoms with Crippen LogP contribution in [0, 0.1) is 0 Å². The maximum atomic E-state index is 12.8. The first-order valence-electron chi connectivity index (χ1n) is 22.6. The SMILES string of the molecule is CCCCCCCC=C=CCCCCCCCC(=O)O[C@H](COC(=O)CCCCCCC/C=C/CCCCCCCC)CO[C@H]1O[C@H](CS(=O)(=O)O)[C@@H](O)C(O)C1O. The van der Waals surface area contributed by atoms with Gasteiger partial charge in [0.05, 0.1) is 6.61 Å². The van der Waals surface area contributed by atoms with Crippen LogP contribution in [-0.2, 0) is 38.7 Å². The molecule has 0 aromatic rings. The molecule has 0 radical (unpaired) electrons. The van der Waals surface area contributed by atoms with Crippen LogP contribution in [0.5, 0.6) is 0 Å². The summed E-state index contributed by atoms with van der Waals surface area (Å²) in [6.07, 6.45) is 27.1. The van der Waals surface area contributed by atoms with Crippen molar-refractivity contribution < 1.29 is 56.8 Å². The van der Waals surface area contributed by atoms with E-state index in [1.807, 2.05) is 0 Å². The Kier molecular flexibility index (Phi) is 33.1. The van der Waals surface area contributed by atoms with Crippen LogP contribution in [0.1, 0.15) is 187 Å². The van der Waals surface area contributed by atoms with Crippen molar-refractivity contribution in [3.05, 3.63) is 30.0 Å². The van der Waals surface area contributed by atoms with Crippen molar-refractivity contribution in [2.45, 2.75) is 224 Å². The van der Waals surface area contributed by atoms with Crippen LogP contribution in [0.15, 0.2) is 30.0 Å². The van der Waals surface area contributed by atoms with Crippen molar-refractivity contribution in [1.29, 1.82) is 0 Å². The lowest BCUT2D eigenvalue weighted by molar-refractivity contribution is -0.297. The number of hydrogen-bond donors (Lipinski definition) is 4. The van der Waals surface area contributed by atoms with Gasteiger partial charge < -0.3 is 34.3 Å². The number of carbonyl (C=O) groups excluding carboxylic acids is 2. The van der Waals surface area contributed by atoms with Crippen LogP contribution in [0.25, 0.3) is 0 Å². The predicted octanol–water partition coefficient (Wildman–Crippen LogP) is 8.99. The summed E-state index contributed by atoms with van der Waals surface area (Å²) in [4.78, 5) is 25.4. The molecule has 0 aromatic heterocycles. The lowest BCUT2D eigenvalue weighted by atomic mass is 10.00. The van der Waals surface area contributed by atoms with Gasteiger partial charge in [0, 0.05) is 12.8 Å². The third-order valence-corrected chi connectivity index (χ3v) is 11.0. The average molecular weight is 845 g/mol. The lowest BCUT2D eigenvalue weighted by Crippen LogP contribution is -2.60. The Bertz CT molecular complexity index is 1230. The van der Waals surface area contributed by atoms with E-state index in [0.717, 1.165) is 77.0 Å². The molecule has 58 heavy (non-hydrogen) atoms. The molecule has 1 heterocycles. The molecule has 0 aromatic carbocycles. The zero-order chi connectivity index (χ0) is 42.7. The smallest absolute Gasteiger partial charge is 0.306 e. The standard InChI is InChI=1S/C45H80O12S/c1-3-5-7-9-11-13-15-17-19-21-23-25-27-29-31-33-40(46)54-35-38(36-55-45-44(50)43(49)42(48)39(57-45)37-58(51,52)53)56-41(47)34-32-30-28-26-24-22-20-18-16-14-12-10-8-6-4-2/h16-17,19-20,38-39,42-45,48-50H,3-15,21-37H2,1-2H3,(H,51,52,53)/b19-17+/t18?,38-,39-,42-,43?,44?,45+/m1/s1. The van der Waals surface area contributed by atoms with E-state index in [1.54, 1.807) is 0 Å². The molecule has 2 unspecified atom stereocenters. The molecule has 338 valence electrons. The zero-order valence-corrected chi connectivity index (χ0v) is 36.8. The minimum absolute atomic E-state index is 0.143. The summed E-state index contributed by atoms with van der Waals surface area (Å²) in [7, 11) is -4.60. The fourth-order valence-corrected chi connectivity index (χ4v) is 7.40. The Morgan fingerprint density at radius 1 is 0.621 bits per heavy atom. The van der Waals surface area contributed by atoms with Gasteiger partial charge in [0.2, 0.25) is 0 Å². The maximum absolute atomic E-state index is 12.8. The van der Waals surface area contributed by atoms with Crippen molar-refractivity contribution in [1.82, 2.24) is 0 Å². The van der Waals surface area contributed by atoms with Gasteiger partial charge in [-0.05, 0) is 76.4 Å². The number of rotatable bonds is 37. The molecule has 0 spiro atoms. The Balaban J connectivity index is 2.48. The number of aliphatic hydroxyl groups excluding tert-OH is 3. The number of unbranched alkanes of at least 4 members (excludes halogenated alkanes) is 21. The first-order valence-corrected chi connectivity index (χ1v) is 24.2. The second-order valence-electron chi connectivity index (χ2n) is 15.8. The molecule has 0 amide bonds. The Morgan fingerprint density at radius 3 is 1.60 bits per heavy atom. The normalized spacial score (nSPS) is 20.1. The highest BCUT2D eigenvalue weighted by atomic mass is 32.2. The fraction of sp³-hybridized carbons (Fsp3) is 0.844. The predicted molar refractivity (Wildman–Crippen MR) is 228 cm³/mol. The quantitative estimate of drug-likeness (QED) is 0.0153. The molecular formula is C45H80O12S. The van der Waals surface area contributed by atoms with Crippen LogP contribution >= 0.6 is 0 Å². The third kappa shape index (κ3) is 30.0. The largest absolute Gasteiger partial charge is 0.462 e. The molecule has 0 aliphatic carbocycles. The van der Waals surface area contributed by atoms with Crippen LogP contribution in [0.4, 0.5) is 0 Å². The first-order chi connectivity index (χ1) is 28.0. The molecule has 1 fully saturated rings. The van der Waals surface area contributed by atoms with Gasteiger partial charge in [0.15, 0.2) is 12.4 Å². The molecule has 1 rings (SSSR count). The summed E-state index contributed by atoms with van der Waals surface area (Å²) in [5.74, 6) is -2.02. The summed E-state index contributed by atoms with van der Waals surface area (Å²) in [6, 6.07) is 0. The molecule has 0 bridgehead atoms. The van der Waals surface area contributed by atoms with Crippen LogP contribution in [-0.4, -0.2) is 96.0 Å². The van der Waals surface area contributed by atoms with Gasteiger partial charge in [0.1, 0.15) is 36.8 Å². The molecule has 0 saturated carbocycles. The summed E-state index contributed by atoms with van der Waals surface area (Å²) in [5, 5.41) is 30.9. The number of esters is 2. The van der Waals surface area contributed by atoms with Crippen LogP contribution < -0.4 is 0 Å². The van der Waals surface area contributed by atoms with E-state index >= 15 is 0 Å². The summed E-state index contributed by atoms with van der Waals surface area (Å²) >= 11 is 0. The van der Waals surface area contributed by atoms with Crippen LogP contribution in [0.3, 0.4) is 0 Å². The molecule has 13 heteroatoms. The number of hydrogen-bond acceptors (Lipinski definition) is 11. The fourth-order valence-electron chi connectivity index (χ4n) is 6.71. The molecule has 1 saturated heterocycles. The zero-order valence-electron chi connectivity index (χ0n) is 35.9. The Morgan fingerprint density at radius 2 is 1.09 bits per heavy atom. The van der Waals surface area contributed by atoms with E-state index in [2.05, 4.69) is 43.9 Å². The third-order valence-electron chi connectivity index (χ3n) is 10.3. The van der Waals surface area contributed by atoms with Gasteiger partial charge in [-0.3, -0.25) is 14.1 Å². The highest BCUT2D eigenvalue weighted by Crippen LogP contribution is 2.24. The molecule has 1 aliphatic heterocycles. The molecule has 12 nitrogen and oxygen atoms in total. The molecular weight excluding hydrogens is 765 g/mol. The van der Waals surface area contributed by atoms with Gasteiger partial charge in [-0.2, -0.15) is 8.42 Å². The van der Waals surface area contributed by atoms with E-state index in [1.165, 1.54) is 70.6 Å². The van der Waals surface area contributed by atoms with Crippen molar-refractivity contribution in [2.24, 2.45) is 0 Å². The number of carbonyl (C=O) groups is 2. The van der Waals surface area contributed by atoms with E-state index in [4.69, 9.17) is 18.9 Å². The van der Waals surface area contributed by atoms with Gasteiger partial charge in [-0.25, -0.2) is 0 Å². The summed E-state index contributed by atoms with van der Waals surface area (Å²) in [6.45, 7) is 3.71. The average Bonchev–Trinajstić information content (AvgIpc) is 3.18. The molecule has 6 atom stereocenters. The van der Waals surface area contributed by atoms with Crippen molar-refractivity contribution >= 4 is 22.1 Å². The van der Waals surface area contributed by atoms with Gasteiger partial charge in [0.25, 0.3) is 10.1 Å². The van der Waals surface area contributed by atoms with Crippen molar-refractivity contribution in [2.75, 3.05) is 19.0 Å². The monoisotopic (exact) mass is 845 g/mol. The topological polar surface area (TPSA) is 186 Å². The molecule has 4 N–H and O–H groups in total. The minimum atomic E-state index is -4.60.